The number of likely N-dealkylation sites (N-methyl/N-ethyl adjacent to an activating group) is 1. The minimum Gasteiger partial charge on any atom is -0.380 e. The summed E-state index contributed by atoms with van der Waals surface area (Å²) in [6, 6.07) is 0. The Morgan fingerprint density at radius 2 is 0.525 bits per heavy atom. The normalized spacial score (nSPS) is 11.7. The topological polar surface area (TPSA) is 21.7 Å². The molecule has 242 valence electrons. The summed E-state index contributed by atoms with van der Waals surface area (Å²) in [6.45, 7) is 10.2. The van der Waals surface area contributed by atoms with Gasteiger partial charge in [-0.05, 0) is 19.9 Å². The van der Waals surface area contributed by atoms with Crippen LogP contribution < -0.4 is 0 Å². The van der Waals surface area contributed by atoms with Crippen molar-refractivity contribution in [2.45, 2.75) is 194 Å². The Labute approximate surface area is 254 Å². The van der Waals surface area contributed by atoms with Gasteiger partial charge in [0.05, 0.1) is 13.2 Å². The average Bonchev–Trinajstić information content (AvgIpc) is 2.96. The number of unbranched alkanes of at least 4 members (excludes halogenated alkanes) is 26. The molecule has 0 aliphatic carbocycles. The predicted octanol–water partition coefficient (Wildman–Crippen LogP) is 11.9. The maximum Gasteiger partial charge on any atom is 0.0593 e. The lowest BCUT2D eigenvalue weighted by atomic mass is 10.0. The third-order valence-corrected chi connectivity index (χ3v) is 8.52. The third-order valence-electron chi connectivity index (χ3n) is 8.52. The fourth-order valence-electron chi connectivity index (χ4n) is 5.55. The zero-order valence-electron chi connectivity index (χ0n) is 28.3. The van der Waals surface area contributed by atoms with Crippen LogP contribution in [0.4, 0.5) is 0 Å². The van der Waals surface area contributed by atoms with Crippen molar-refractivity contribution in [3.63, 3.8) is 0 Å². The van der Waals surface area contributed by atoms with Gasteiger partial charge in [-0.1, -0.05) is 181 Å². The van der Waals surface area contributed by atoms with Crippen LogP contribution in [0.15, 0.2) is 0 Å². The molecule has 0 aromatic rings. The Hall–Kier alpha value is -0.120. The van der Waals surface area contributed by atoms with Crippen molar-refractivity contribution in [3.8, 4) is 0 Å². The van der Waals surface area contributed by atoms with Crippen molar-refractivity contribution in [3.05, 3.63) is 0 Å². The summed E-state index contributed by atoms with van der Waals surface area (Å²) < 4.78 is 11.7. The van der Waals surface area contributed by atoms with E-state index in [0.29, 0.717) is 0 Å². The van der Waals surface area contributed by atoms with Crippen LogP contribution in [-0.2, 0) is 9.47 Å². The summed E-state index contributed by atoms with van der Waals surface area (Å²) in [7, 11) is 2.19. The first-order chi connectivity index (χ1) is 19.8. The smallest absolute Gasteiger partial charge is 0.0593 e. The molecule has 0 heterocycles. The van der Waals surface area contributed by atoms with Gasteiger partial charge in [0, 0.05) is 26.3 Å². The molecule has 0 fully saturated rings. The van der Waals surface area contributed by atoms with E-state index in [0.717, 1.165) is 39.5 Å². The van der Waals surface area contributed by atoms with E-state index in [4.69, 9.17) is 9.47 Å². The standard InChI is InChI=1S/C37H77NO2/c1-4-6-8-10-12-14-16-18-20-22-24-26-28-30-34-39-36-32-38(3)33-37-40-35-31-29-27-25-23-21-19-17-15-13-11-9-7-5-2/h4-37H2,1-3H3. The molecule has 40 heavy (non-hydrogen) atoms. The van der Waals surface area contributed by atoms with E-state index >= 15 is 0 Å². The number of rotatable bonds is 36. The molecule has 0 aromatic heterocycles. The van der Waals surface area contributed by atoms with Crippen LogP contribution >= 0.6 is 0 Å². The van der Waals surface area contributed by atoms with Gasteiger partial charge < -0.3 is 14.4 Å². The predicted molar refractivity (Wildman–Crippen MR) is 180 cm³/mol. The fraction of sp³-hybridized carbons (Fsp3) is 1.00. The Morgan fingerprint density at radius 3 is 0.775 bits per heavy atom. The summed E-state index contributed by atoms with van der Waals surface area (Å²) in [5, 5.41) is 0. The van der Waals surface area contributed by atoms with Gasteiger partial charge in [0.1, 0.15) is 0 Å². The zero-order valence-corrected chi connectivity index (χ0v) is 28.3. The first-order valence-electron chi connectivity index (χ1n) is 18.6. The molecule has 0 saturated heterocycles. The maximum atomic E-state index is 5.87. The minimum atomic E-state index is 0.855. The first-order valence-corrected chi connectivity index (χ1v) is 18.6. The van der Waals surface area contributed by atoms with E-state index in [-0.39, 0.29) is 0 Å². The molecular formula is C37H77NO2. The average molecular weight is 568 g/mol. The van der Waals surface area contributed by atoms with Gasteiger partial charge in [-0.15, -0.1) is 0 Å². The van der Waals surface area contributed by atoms with Gasteiger partial charge in [-0.2, -0.15) is 0 Å². The summed E-state index contributed by atoms with van der Waals surface area (Å²) in [4.78, 5) is 2.34. The van der Waals surface area contributed by atoms with Crippen LogP contribution in [0.5, 0.6) is 0 Å². The van der Waals surface area contributed by atoms with Crippen LogP contribution in [-0.4, -0.2) is 51.5 Å². The summed E-state index contributed by atoms with van der Waals surface area (Å²) in [5.74, 6) is 0. The molecule has 0 saturated carbocycles. The highest BCUT2D eigenvalue weighted by atomic mass is 16.5. The van der Waals surface area contributed by atoms with Gasteiger partial charge in [0.25, 0.3) is 0 Å². The largest absolute Gasteiger partial charge is 0.380 e. The maximum absolute atomic E-state index is 5.87. The Kier molecular flexibility index (Phi) is 36.8. The van der Waals surface area contributed by atoms with Crippen molar-refractivity contribution in [2.24, 2.45) is 0 Å². The molecule has 0 unspecified atom stereocenters. The lowest BCUT2D eigenvalue weighted by Crippen LogP contribution is -2.27. The van der Waals surface area contributed by atoms with Crippen molar-refractivity contribution < 1.29 is 9.47 Å². The molecule has 0 bridgehead atoms. The van der Waals surface area contributed by atoms with E-state index in [1.165, 1.54) is 180 Å². The van der Waals surface area contributed by atoms with Crippen molar-refractivity contribution in [1.29, 1.82) is 0 Å². The molecule has 0 atom stereocenters. The molecular weight excluding hydrogens is 490 g/mol. The van der Waals surface area contributed by atoms with Crippen LogP contribution in [0.1, 0.15) is 194 Å². The lowest BCUT2D eigenvalue weighted by Gasteiger charge is -2.16. The minimum absolute atomic E-state index is 0.855. The second-order valence-electron chi connectivity index (χ2n) is 12.7. The van der Waals surface area contributed by atoms with Crippen LogP contribution in [0.25, 0.3) is 0 Å². The van der Waals surface area contributed by atoms with Gasteiger partial charge >= 0.3 is 0 Å². The van der Waals surface area contributed by atoms with E-state index in [1.54, 1.807) is 0 Å². The quantitative estimate of drug-likeness (QED) is 0.0703. The summed E-state index contributed by atoms with van der Waals surface area (Å²) >= 11 is 0. The van der Waals surface area contributed by atoms with Gasteiger partial charge in [0.15, 0.2) is 0 Å². The fourth-order valence-corrected chi connectivity index (χ4v) is 5.55. The Morgan fingerprint density at radius 1 is 0.300 bits per heavy atom. The third kappa shape index (κ3) is 35.9. The van der Waals surface area contributed by atoms with E-state index in [2.05, 4.69) is 25.8 Å². The molecule has 0 spiro atoms. The van der Waals surface area contributed by atoms with Crippen LogP contribution in [0.3, 0.4) is 0 Å². The Balaban J connectivity index is 3.13. The SMILES string of the molecule is CCCCCCCCCCCCCCCCOCCN(C)CCOCCCCCCCCCCCCCCCC. The van der Waals surface area contributed by atoms with Crippen molar-refractivity contribution in [2.75, 3.05) is 46.6 Å². The summed E-state index contributed by atoms with van der Waals surface area (Å²) in [6.07, 6.45) is 39.5. The molecule has 0 N–H and O–H groups in total. The van der Waals surface area contributed by atoms with E-state index in [1.807, 2.05) is 0 Å². The highest BCUT2D eigenvalue weighted by molar-refractivity contribution is 4.53. The van der Waals surface area contributed by atoms with Crippen molar-refractivity contribution >= 4 is 0 Å². The van der Waals surface area contributed by atoms with Crippen LogP contribution in [0, 0.1) is 0 Å². The second kappa shape index (κ2) is 36.9. The first kappa shape index (κ1) is 39.9. The number of hydrogen-bond acceptors (Lipinski definition) is 3. The molecule has 3 heteroatoms. The van der Waals surface area contributed by atoms with Gasteiger partial charge in [-0.3, -0.25) is 0 Å². The van der Waals surface area contributed by atoms with Gasteiger partial charge in [0.2, 0.25) is 0 Å². The second-order valence-corrected chi connectivity index (χ2v) is 12.7. The molecule has 0 rings (SSSR count). The summed E-state index contributed by atoms with van der Waals surface area (Å²) in [5.41, 5.74) is 0. The zero-order chi connectivity index (χ0) is 29.0. The van der Waals surface area contributed by atoms with Crippen molar-refractivity contribution in [1.82, 2.24) is 4.90 Å². The molecule has 0 amide bonds. The molecule has 0 radical (unpaired) electrons. The highest BCUT2D eigenvalue weighted by Gasteiger charge is 2.00. The number of ether oxygens (including phenoxy) is 2. The molecule has 0 aromatic carbocycles. The van der Waals surface area contributed by atoms with Gasteiger partial charge in [-0.25, -0.2) is 0 Å². The van der Waals surface area contributed by atoms with E-state index in [9.17, 15) is 0 Å². The highest BCUT2D eigenvalue weighted by Crippen LogP contribution is 2.14. The molecule has 0 aliphatic heterocycles. The monoisotopic (exact) mass is 568 g/mol. The number of nitrogens with zero attached hydrogens (tertiary/aromatic N) is 1. The number of hydrogen-bond donors (Lipinski definition) is 0. The van der Waals surface area contributed by atoms with E-state index < -0.39 is 0 Å². The Bertz CT molecular complexity index is 392. The molecule has 3 nitrogen and oxygen atoms in total. The van der Waals surface area contributed by atoms with Crippen LogP contribution in [0.2, 0.25) is 0 Å². The lowest BCUT2D eigenvalue weighted by molar-refractivity contribution is 0.0814. The molecule has 0 aliphatic rings.